The molecule has 0 aliphatic rings. The largest absolute Gasteiger partial charge is 0.383 e. The molecular weight excluding hydrogens is 296 g/mol. The molecule has 6 heteroatoms. The smallest absolute Gasteiger partial charge is 0.269 e. The summed E-state index contributed by atoms with van der Waals surface area (Å²) in [6, 6.07) is 9.51. The van der Waals surface area contributed by atoms with E-state index in [1.54, 1.807) is 12.3 Å². The number of H-pyrrole nitrogens is 1. The molecule has 2 rings (SSSR count). The van der Waals surface area contributed by atoms with Gasteiger partial charge in [0, 0.05) is 29.4 Å². The first-order valence-electron chi connectivity index (χ1n) is 5.53. The molecule has 0 bridgehead atoms. The number of nitrogens with one attached hydrogen (secondary N) is 3. The van der Waals surface area contributed by atoms with Crippen LogP contribution < -0.4 is 10.6 Å². The number of hydrogen-bond acceptors (Lipinski definition) is 3. The Morgan fingerprint density at radius 2 is 2.22 bits per heavy atom. The lowest BCUT2D eigenvalue weighted by atomic mass is 10.3. The fraction of sp³-hybridized carbons (Fsp3) is 0.167. The van der Waals surface area contributed by atoms with Crippen LogP contribution in [0.5, 0.6) is 0 Å². The van der Waals surface area contributed by atoms with E-state index in [9.17, 15) is 4.79 Å². The molecule has 5 nitrogen and oxygen atoms in total. The maximum absolute atomic E-state index is 11.6. The summed E-state index contributed by atoms with van der Waals surface area (Å²) in [5, 5.41) is 12.3. The van der Waals surface area contributed by atoms with Gasteiger partial charge in [-0.05, 0) is 24.3 Å². The van der Waals surface area contributed by atoms with Gasteiger partial charge in [0.15, 0.2) is 0 Å². The van der Waals surface area contributed by atoms with Gasteiger partial charge in [0.2, 0.25) is 0 Å². The molecule has 0 aliphatic carbocycles. The molecule has 0 saturated heterocycles. The number of benzene rings is 1. The maximum atomic E-state index is 11.6. The van der Waals surface area contributed by atoms with Crippen molar-refractivity contribution in [2.75, 3.05) is 18.4 Å². The van der Waals surface area contributed by atoms with Crippen LogP contribution in [0, 0.1) is 0 Å². The van der Waals surface area contributed by atoms with Crippen molar-refractivity contribution < 1.29 is 4.79 Å². The molecule has 0 saturated carbocycles. The Bertz CT molecular complexity index is 513. The molecule has 0 unspecified atom stereocenters. The van der Waals surface area contributed by atoms with Crippen molar-refractivity contribution >= 4 is 27.5 Å². The molecule has 1 heterocycles. The lowest BCUT2D eigenvalue weighted by molar-refractivity contribution is 0.0950. The van der Waals surface area contributed by atoms with Gasteiger partial charge in [0.1, 0.15) is 5.69 Å². The molecule has 0 radical (unpaired) electrons. The predicted molar refractivity (Wildman–Crippen MR) is 73.6 cm³/mol. The SMILES string of the molecule is O=C(NCCNc1cccc(Br)c1)c1ccn[nH]1. The first-order valence-corrected chi connectivity index (χ1v) is 6.32. The highest BCUT2D eigenvalue weighted by Gasteiger charge is 2.04. The van der Waals surface area contributed by atoms with Crippen LogP contribution in [-0.4, -0.2) is 29.2 Å². The van der Waals surface area contributed by atoms with Crippen molar-refractivity contribution in [3.05, 3.63) is 46.7 Å². The van der Waals surface area contributed by atoms with Crippen LogP contribution in [0.1, 0.15) is 10.5 Å². The zero-order valence-electron chi connectivity index (χ0n) is 9.61. The number of halogens is 1. The molecule has 0 atom stereocenters. The predicted octanol–water partition coefficient (Wildman–Crippen LogP) is 2.01. The molecule has 2 aromatic rings. The van der Waals surface area contributed by atoms with Gasteiger partial charge >= 0.3 is 0 Å². The van der Waals surface area contributed by atoms with E-state index >= 15 is 0 Å². The van der Waals surface area contributed by atoms with E-state index in [4.69, 9.17) is 0 Å². The molecule has 3 N–H and O–H groups in total. The quantitative estimate of drug-likeness (QED) is 0.740. The van der Waals surface area contributed by atoms with E-state index in [0.717, 1.165) is 10.2 Å². The van der Waals surface area contributed by atoms with E-state index in [0.29, 0.717) is 18.8 Å². The van der Waals surface area contributed by atoms with E-state index in [1.165, 1.54) is 0 Å². The molecule has 1 amide bonds. The van der Waals surface area contributed by atoms with E-state index in [1.807, 2.05) is 24.3 Å². The van der Waals surface area contributed by atoms with Crippen LogP contribution in [0.15, 0.2) is 41.0 Å². The number of carbonyl (C=O) groups excluding carboxylic acids is 1. The monoisotopic (exact) mass is 308 g/mol. The van der Waals surface area contributed by atoms with Gasteiger partial charge in [0.25, 0.3) is 5.91 Å². The van der Waals surface area contributed by atoms with Crippen LogP contribution in [-0.2, 0) is 0 Å². The summed E-state index contributed by atoms with van der Waals surface area (Å²) in [6.07, 6.45) is 1.55. The van der Waals surface area contributed by atoms with E-state index in [2.05, 4.69) is 36.8 Å². The lowest BCUT2D eigenvalue weighted by Gasteiger charge is -2.07. The van der Waals surface area contributed by atoms with Gasteiger partial charge < -0.3 is 10.6 Å². The first-order chi connectivity index (χ1) is 8.75. The third kappa shape index (κ3) is 3.59. The van der Waals surface area contributed by atoms with Crippen molar-refractivity contribution in [2.45, 2.75) is 0 Å². The Kier molecular flexibility index (Phi) is 4.35. The first kappa shape index (κ1) is 12.6. The average Bonchev–Trinajstić information content (AvgIpc) is 2.88. The van der Waals surface area contributed by atoms with Gasteiger partial charge in [-0.1, -0.05) is 22.0 Å². The van der Waals surface area contributed by atoms with Crippen LogP contribution >= 0.6 is 15.9 Å². The van der Waals surface area contributed by atoms with Crippen LogP contribution in [0.25, 0.3) is 0 Å². The number of hydrogen-bond donors (Lipinski definition) is 3. The zero-order chi connectivity index (χ0) is 12.8. The highest BCUT2D eigenvalue weighted by Crippen LogP contribution is 2.14. The summed E-state index contributed by atoms with van der Waals surface area (Å²) in [6.45, 7) is 1.21. The maximum Gasteiger partial charge on any atom is 0.269 e. The zero-order valence-corrected chi connectivity index (χ0v) is 11.2. The minimum Gasteiger partial charge on any atom is -0.383 e. The highest BCUT2D eigenvalue weighted by molar-refractivity contribution is 9.10. The molecule has 0 spiro atoms. The fourth-order valence-corrected chi connectivity index (χ4v) is 1.86. The Morgan fingerprint density at radius 3 is 2.94 bits per heavy atom. The number of aromatic amines is 1. The topological polar surface area (TPSA) is 69.8 Å². The minimum absolute atomic E-state index is 0.149. The summed E-state index contributed by atoms with van der Waals surface area (Å²) in [4.78, 5) is 11.6. The second-order valence-corrected chi connectivity index (χ2v) is 4.58. The Hall–Kier alpha value is -1.82. The molecule has 18 heavy (non-hydrogen) atoms. The second-order valence-electron chi connectivity index (χ2n) is 3.66. The lowest BCUT2D eigenvalue weighted by Crippen LogP contribution is -2.29. The molecule has 1 aromatic heterocycles. The van der Waals surface area contributed by atoms with Gasteiger partial charge in [-0.15, -0.1) is 0 Å². The normalized spacial score (nSPS) is 10.1. The van der Waals surface area contributed by atoms with Crippen LogP contribution in [0.2, 0.25) is 0 Å². The van der Waals surface area contributed by atoms with Gasteiger partial charge in [0.05, 0.1) is 0 Å². The number of nitrogens with zero attached hydrogens (tertiary/aromatic N) is 1. The molecule has 0 aliphatic heterocycles. The summed E-state index contributed by atoms with van der Waals surface area (Å²) in [7, 11) is 0. The minimum atomic E-state index is -0.149. The average molecular weight is 309 g/mol. The van der Waals surface area contributed by atoms with Gasteiger partial charge in [-0.25, -0.2) is 0 Å². The number of rotatable bonds is 5. The van der Waals surface area contributed by atoms with E-state index in [-0.39, 0.29) is 5.91 Å². The third-order valence-corrected chi connectivity index (χ3v) is 2.80. The summed E-state index contributed by atoms with van der Waals surface area (Å²) in [5.41, 5.74) is 1.48. The van der Waals surface area contributed by atoms with Crippen molar-refractivity contribution in [2.24, 2.45) is 0 Å². The molecule has 1 aromatic carbocycles. The van der Waals surface area contributed by atoms with Crippen molar-refractivity contribution in [3.63, 3.8) is 0 Å². The fourth-order valence-electron chi connectivity index (χ4n) is 1.46. The van der Waals surface area contributed by atoms with Crippen molar-refractivity contribution in [3.8, 4) is 0 Å². The number of carbonyl (C=O) groups is 1. The summed E-state index contributed by atoms with van der Waals surface area (Å²) < 4.78 is 1.02. The summed E-state index contributed by atoms with van der Waals surface area (Å²) >= 11 is 3.40. The number of aromatic nitrogens is 2. The van der Waals surface area contributed by atoms with Gasteiger partial charge in [-0.2, -0.15) is 5.10 Å². The van der Waals surface area contributed by atoms with Crippen molar-refractivity contribution in [1.29, 1.82) is 0 Å². The Labute approximate surface area is 113 Å². The highest BCUT2D eigenvalue weighted by atomic mass is 79.9. The summed E-state index contributed by atoms with van der Waals surface area (Å²) in [5.74, 6) is -0.149. The Morgan fingerprint density at radius 1 is 1.33 bits per heavy atom. The van der Waals surface area contributed by atoms with Crippen LogP contribution in [0.4, 0.5) is 5.69 Å². The molecular formula is C12H13BrN4O. The van der Waals surface area contributed by atoms with Crippen LogP contribution in [0.3, 0.4) is 0 Å². The molecule has 0 fully saturated rings. The number of anilines is 1. The van der Waals surface area contributed by atoms with Crippen molar-refractivity contribution in [1.82, 2.24) is 15.5 Å². The van der Waals surface area contributed by atoms with E-state index < -0.39 is 0 Å². The third-order valence-electron chi connectivity index (χ3n) is 2.31. The second kappa shape index (κ2) is 6.20. The molecule has 94 valence electrons. The standard InChI is InChI=1S/C12H13BrN4O/c13-9-2-1-3-10(8-9)14-6-7-15-12(18)11-4-5-16-17-11/h1-5,8,14H,6-7H2,(H,15,18)(H,16,17). The number of amides is 1. The van der Waals surface area contributed by atoms with Gasteiger partial charge in [-0.3, -0.25) is 9.89 Å². The Balaban J connectivity index is 1.72.